The summed E-state index contributed by atoms with van der Waals surface area (Å²) in [6.45, 7) is 4.88. The molecule has 218 valence electrons. The molecule has 6 rings (SSSR count). The Labute approximate surface area is 240 Å². The number of ether oxygens (including phenoxy) is 2. The highest BCUT2D eigenvalue weighted by atomic mass is 31.2. The number of esters is 1. The van der Waals surface area contributed by atoms with Crippen molar-refractivity contribution in [3.05, 3.63) is 66.6 Å². The maximum absolute atomic E-state index is 14.3. The van der Waals surface area contributed by atoms with Crippen LogP contribution in [0.2, 0.25) is 0 Å². The zero-order valence-electron chi connectivity index (χ0n) is 23.0. The van der Waals surface area contributed by atoms with E-state index in [1.54, 1.807) is 44.2 Å². The first kappa shape index (κ1) is 28.1. The van der Waals surface area contributed by atoms with Gasteiger partial charge in [-0.05, 0) is 37.4 Å². The van der Waals surface area contributed by atoms with E-state index in [0.717, 1.165) is 5.39 Å². The van der Waals surface area contributed by atoms with Crippen LogP contribution < -0.4 is 15.3 Å². The van der Waals surface area contributed by atoms with Gasteiger partial charge in [0.15, 0.2) is 5.82 Å². The van der Waals surface area contributed by atoms with Crippen LogP contribution in [-0.4, -0.2) is 56.1 Å². The summed E-state index contributed by atoms with van der Waals surface area (Å²) in [6.07, 6.45) is -0.932. The van der Waals surface area contributed by atoms with Crippen LogP contribution in [0, 0.1) is 17.2 Å². The fraction of sp³-hybridized carbons (Fsp3) is 0.357. The molecule has 1 saturated heterocycles. The fourth-order valence-corrected chi connectivity index (χ4v) is 7.37. The minimum atomic E-state index is -4.37. The minimum Gasteiger partial charge on any atom is -0.465 e. The number of nitrogens with zero attached hydrogens (tertiary/aromatic N) is 4. The number of carbonyl (C=O) groups is 1. The molecule has 2 unspecified atom stereocenters. The highest BCUT2D eigenvalue weighted by Crippen LogP contribution is 2.66. The van der Waals surface area contributed by atoms with Crippen LogP contribution in [0.4, 0.5) is 5.82 Å². The van der Waals surface area contributed by atoms with Gasteiger partial charge in [-0.1, -0.05) is 43.3 Å². The second-order valence-electron chi connectivity index (χ2n) is 10.4. The van der Waals surface area contributed by atoms with Crippen LogP contribution in [0.15, 0.2) is 60.9 Å². The van der Waals surface area contributed by atoms with Gasteiger partial charge in [0.2, 0.25) is 5.60 Å². The predicted octanol–water partition coefficient (Wildman–Crippen LogP) is 3.08. The van der Waals surface area contributed by atoms with Crippen LogP contribution in [0.25, 0.3) is 16.3 Å². The molecule has 0 radical (unpaired) electrons. The number of nitrogen functional groups attached to an aromatic ring is 1. The van der Waals surface area contributed by atoms with Gasteiger partial charge < -0.3 is 24.8 Å². The molecule has 2 aromatic heterocycles. The second kappa shape index (κ2) is 10.0. The van der Waals surface area contributed by atoms with E-state index in [4.69, 9.17) is 24.3 Å². The van der Waals surface area contributed by atoms with E-state index in [1.807, 2.05) is 24.3 Å². The first-order valence-electron chi connectivity index (χ1n) is 13.4. The lowest BCUT2D eigenvalue weighted by molar-refractivity contribution is -0.144. The van der Waals surface area contributed by atoms with Gasteiger partial charge in [-0.3, -0.25) is 9.32 Å². The van der Waals surface area contributed by atoms with Crippen molar-refractivity contribution in [3.63, 3.8) is 0 Å². The number of hydrogen-bond donors (Lipinski definition) is 3. The lowest BCUT2D eigenvalue weighted by Gasteiger charge is -2.31. The van der Waals surface area contributed by atoms with Gasteiger partial charge in [-0.15, -0.1) is 0 Å². The van der Waals surface area contributed by atoms with E-state index < -0.39 is 49.1 Å². The summed E-state index contributed by atoms with van der Waals surface area (Å²) in [5.74, 6) is -1.07. The molecule has 0 amide bonds. The lowest BCUT2D eigenvalue weighted by Crippen LogP contribution is -2.42. The summed E-state index contributed by atoms with van der Waals surface area (Å²) in [4.78, 5) is 16.4. The number of anilines is 1. The molecule has 4 N–H and O–H groups in total. The van der Waals surface area contributed by atoms with Gasteiger partial charge in [0.1, 0.15) is 47.5 Å². The Morgan fingerprint density at radius 3 is 2.76 bits per heavy atom. The normalized spacial score (nSPS) is 28.5. The average molecular weight is 593 g/mol. The van der Waals surface area contributed by atoms with Crippen LogP contribution in [0.3, 0.4) is 0 Å². The molecule has 1 aliphatic carbocycles. The standard InChI is InChI=1S/C28H29N6O7P/c1-4-38-26(35)16(2)33-42(37,40-21-11-7-9-18-8-5-6-10-19(18)21)41-24-23-28(24,36)17(3)27(14-29,39-23)22-13-12-20-25(30)31-15-32-34(20)22/h5-13,15-17,23-24,36H,4H2,1-3H3,(H,33,37)(H2,30,31,32)/t16-,17+,23+,24?,27+,28-,42?/m0/s1. The summed E-state index contributed by atoms with van der Waals surface area (Å²) in [5.41, 5.74) is 3.45. The largest absolute Gasteiger partial charge is 0.465 e. The Morgan fingerprint density at radius 1 is 1.29 bits per heavy atom. The molecule has 0 bridgehead atoms. The molecular weight excluding hydrogens is 563 g/mol. The Balaban J connectivity index is 1.31. The van der Waals surface area contributed by atoms with E-state index in [-0.39, 0.29) is 18.2 Å². The maximum atomic E-state index is 14.3. The monoisotopic (exact) mass is 592 g/mol. The Morgan fingerprint density at radius 2 is 2.05 bits per heavy atom. The van der Waals surface area contributed by atoms with Crippen molar-refractivity contribution in [2.24, 2.45) is 5.92 Å². The van der Waals surface area contributed by atoms with Gasteiger partial charge in [-0.2, -0.15) is 15.4 Å². The number of nitriles is 1. The van der Waals surface area contributed by atoms with Crippen molar-refractivity contribution >= 4 is 35.8 Å². The van der Waals surface area contributed by atoms with Crippen molar-refractivity contribution in [1.82, 2.24) is 19.7 Å². The van der Waals surface area contributed by atoms with E-state index in [1.165, 1.54) is 17.8 Å². The van der Waals surface area contributed by atoms with Gasteiger partial charge >= 0.3 is 13.7 Å². The molecule has 2 aliphatic rings. The maximum Gasteiger partial charge on any atom is 0.459 e. The molecule has 7 atom stereocenters. The molecule has 14 heteroatoms. The number of fused-ring (bicyclic) bond motifs is 3. The summed E-state index contributed by atoms with van der Waals surface area (Å²) in [7, 11) is -4.37. The van der Waals surface area contributed by atoms with Crippen LogP contribution >= 0.6 is 7.75 Å². The van der Waals surface area contributed by atoms with Crippen molar-refractivity contribution in [2.45, 2.75) is 50.2 Å². The van der Waals surface area contributed by atoms with Crippen molar-refractivity contribution in [3.8, 4) is 11.8 Å². The highest BCUT2D eigenvalue weighted by Gasteiger charge is 2.82. The number of aromatic nitrogens is 3. The number of nitrogens with one attached hydrogen (secondary N) is 1. The zero-order valence-corrected chi connectivity index (χ0v) is 23.9. The Kier molecular flexibility index (Phi) is 6.72. The SMILES string of the molecule is CCOC(=O)[C@H](C)NP(=O)(Oc1cccc2ccccc12)OC1[C@H]2O[C@@](C#N)(c3ccc4c(N)ncnn34)[C@@H](C)[C@@]12O. The minimum absolute atomic E-state index is 0.122. The first-order valence-corrected chi connectivity index (χ1v) is 14.9. The number of nitrogens with two attached hydrogens (primary N) is 1. The summed E-state index contributed by atoms with van der Waals surface area (Å²) in [5, 5.41) is 30.4. The molecular formula is C28H29N6O7P. The van der Waals surface area contributed by atoms with Gasteiger partial charge in [0.05, 0.1) is 12.3 Å². The second-order valence-corrected chi connectivity index (χ2v) is 12.0. The zero-order chi connectivity index (χ0) is 29.9. The van der Waals surface area contributed by atoms with E-state index >= 15 is 0 Å². The number of rotatable bonds is 9. The van der Waals surface area contributed by atoms with Gasteiger partial charge in [0, 0.05) is 11.3 Å². The van der Waals surface area contributed by atoms with E-state index in [9.17, 15) is 19.7 Å². The number of carbonyl (C=O) groups excluding carboxylic acids is 1. The molecule has 4 aromatic rings. The molecule has 0 spiro atoms. The summed E-state index contributed by atoms with van der Waals surface area (Å²) in [6, 6.07) is 17.0. The molecule has 3 heterocycles. The van der Waals surface area contributed by atoms with E-state index in [0.29, 0.717) is 16.6 Å². The topological polar surface area (TPSA) is 183 Å². The predicted molar refractivity (Wildman–Crippen MR) is 150 cm³/mol. The molecule has 2 aromatic carbocycles. The summed E-state index contributed by atoms with van der Waals surface area (Å²) < 4.78 is 39.0. The third-order valence-electron chi connectivity index (χ3n) is 7.93. The first-order chi connectivity index (χ1) is 20.1. The molecule has 42 heavy (non-hydrogen) atoms. The number of aliphatic hydroxyl groups is 1. The average Bonchev–Trinajstić information content (AvgIpc) is 3.24. The van der Waals surface area contributed by atoms with E-state index in [2.05, 4.69) is 21.2 Å². The highest BCUT2D eigenvalue weighted by molar-refractivity contribution is 7.52. The van der Waals surface area contributed by atoms with Gasteiger partial charge in [-0.25, -0.2) is 14.1 Å². The Hall–Kier alpha value is -4.05. The lowest BCUT2D eigenvalue weighted by atomic mass is 9.83. The Bertz CT molecular complexity index is 1790. The van der Waals surface area contributed by atoms with Crippen molar-refractivity contribution in [1.29, 1.82) is 5.26 Å². The van der Waals surface area contributed by atoms with Crippen molar-refractivity contribution in [2.75, 3.05) is 12.3 Å². The number of hydrogen-bond acceptors (Lipinski definition) is 11. The van der Waals surface area contributed by atoms with Crippen LogP contribution in [-0.2, 0) is 29.0 Å². The molecule has 13 nitrogen and oxygen atoms in total. The smallest absolute Gasteiger partial charge is 0.459 e. The molecule has 1 aliphatic heterocycles. The number of benzene rings is 2. The molecule has 1 saturated carbocycles. The molecule has 2 fully saturated rings. The third-order valence-corrected chi connectivity index (χ3v) is 9.58. The van der Waals surface area contributed by atoms with Crippen LogP contribution in [0.1, 0.15) is 26.5 Å². The van der Waals surface area contributed by atoms with Gasteiger partial charge in [0.25, 0.3) is 0 Å². The van der Waals surface area contributed by atoms with Crippen LogP contribution in [0.5, 0.6) is 5.75 Å². The fourth-order valence-electron chi connectivity index (χ4n) is 5.63. The summed E-state index contributed by atoms with van der Waals surface area (Å²) >= 11 is 0. The quantitative estimate of drug-likeness (QED) is 0.191. The van der Waals surface area contributed by atoms with Crippen molar-refractivity contribution < 1.29 is 33.0 Å². The third kappa shape index (κ3) is 4.22.